The summed E-state index contributed by atoms with van der Waals surface area (Å²) in [5, 5.41) is 1.99. The van der Waals surface area contributed by atoms with Gasteiger partial charge >= 0.3 is 0 Å². The highest BCUT2D eigenvalue weighted by Crippen LogP contribution is 2.07. The van der Waals surface area contributed by atoms with Gasteiger partial charge in [-0.15, -0.1) is 0 Å². The van der Waals surface area contributed by atoms with Crippen LogP contribution >= 0.6 is 12.6 Å². The number of hydrogen-bond acceptors (Lipinski definition) is 4. The van der Waals surface area contributed by atoms with Crippen molar-refractivity contribution < 1.29 is 9.59 Å². The van der Waals surface area contributed by atoms with Crippen LogP contribution in [0.5, 0.6) is 0 Å². The molecule has 0 aromatic carbocycles. The Kier molecular flexibility index (Phi) is 6.31. The molecule has 0 saturated carbocycles. The molecule has 0 aliphatic carbocycles. The molecule has 92 valence electrons. The zero-order valence-corrected chi connectivity index (χ0v) is 9.91. The summed E-state index contributed by atoms with van der Waals surface area (Å²) >= 11 is 4.18. The van der Waals surface area contributed by atoms with Gasteiger partial charge in [-0.25, -0.2) is 0 Å². The van der Waals surface area contributed by atoms with Gasteiger partial charge in [0.2, 0.25) is 11.8 Å². The zero-order chi connectivity index (χ0) is 12.7. The van der Waals surface area contributed by atoms with Gasteiger partial charge in [-0.1, -0.05) is 0 Å². The largest absolute Gasteiger partial charge is 0.370 e. The highest BCUT2D eigenvalue weighted by Gasteiger charge is 2.23. The first-order valence-corrected chi connectivity index (χ1v) is 5.16. The lowest BCUT2D eigenvalue weighted by Gasteiger charge is -2.20. The van der Waals surface area contributed by atoms with Crippen molar-refractivity contribution in [1.29, 1.82) is 0 Å². The SMILES string of the molecule is CC(=O)NC(C(N)=O)C(S)CCN=C(N)N. The molecule has 2 unspecified atom stereocenters. The lowest BCUT2D eigenvalue weighted by Crippen LogP contribution is -2.49. The van der Waals surface area contributed by atoms with Crippen molar-refractivity contribution in [3.8, 4) is 0 Å². The van der Waals surface area contributed by atoms with E-state index in [-0.39, 0.29) is 11.9 Å². The number of nitrogens with zero attached hydrogens (tertiary/aromatic N) is 1. The summed E-state index contributed by atoms with van der Waals surface area (Å²) in [5.41, 5.74) is 15.4. The van der Waals surface area contributed by atoms with Crippen LogP contribution in [-0.4, -0.2) is 35.6 Å². The fraction of sp³-hybridized carbons (Fsp3) is 0.625. The Balaban J connectivity index is 4.27. The Hall–Kier alpha value is -1.44. The van der Waals surface area contributed by atoms with Crippen LogP contribution in [-0.2, 0) is 9.59 Å². The van der Waals surface area contributed by atoms with Crippen molar-refractivity contribution >= 4 is 30.4 Å². The van der Waals surface area contributed by atoms with E-state index in [4.69, 9.17) is 17.2 Å². The second-order valence-corrected chi connectivity index (χ2v) is 3.91. The third-order valence-electron chi connectivity index (χ3n) is 1.77. The van der Waals surface area contributed by atoms with Crippen LogP contribution in [0.15, 0.2) is 4.99 Å². The minimum atomic E-state index is -0.824. The molecule has 0 aromatic heterocycles. The molecule has 2 atom stereocenters. The molecule has 7 nitrogen and oxygen atoms in total. The zero-order valence-electron chi connectivity index (χ0n) is 9.01. The van der Waals surface area contributed by atoms with Gasteiger partial charge in [0.15, 0.2) is 5.96 Å². The number of primary amides is 1. The first-order valence-electron chi connectivity index (χ1n) is 4.64. The molecule has 0 rings (SSSR count). The second kappa shape index (κ2) is 6.94. The molecule has 0 radical (unpaired) electrons. The Labute approximate surface area is 99.2 Å². The molecule has 0 aliphatic heterocycles. The number of carbonyl (C=O) groups excluding carboxylic acids is 2. The maximum atomic E-state index is 11.0. The monoisotopic (exact) mass is 247 g/mol. The van der Waals surface area contributed by atoms with Crippen molar-refractivity contribution in [2.45, 2.75) is 24.6 Å². The summed E-state index contributed by atoms with van der Waals surface area (Å²) in [5.74, 6) is -1.01. The molecule has 0 spiro atoms. The lowest BCUT2D eigenvalue weighted by atomic mass is 10.1. The average Bonchev–Trinajstić information content (AvgIpc) is 2.12. The normalized spacial score (nSPS) is 13.6. The predicted molar refractivity (Wildman–Crippen MR) is 64.9 cm³/mol. The minimum absolute atomic E-state index is 0.0318. The van der Waals surface area contributed by atoms with Gasteiger partial charge in [0, 0.05) is 18.7 Å². The van der Waals surface area contributed by atoms with E-state index in [2.05, 4.69) is 22.9 Å². The first-order chi connectivity index (χ1) is 7.34. The standard InChI is InChI=1S/C8H17N5O2S/c1-4(14)13-6(7(9)15)5(16)2-3-12-8(10)11/h5-6,16H,2-3H2,1H3,(H2,9,15)(H,13,14)(H4,10,11,12). The molecule has 2 amide bonds. The lowest BCUT2D eigenvalue weighted by molar-refractivity contribution is -0.126. The number of carbonyl (C=O) groups is 2. The summed E-state index contributed by atoms with van der Waals surface area (Å²) in [6, 6.07) is -0.824. The van der Waals surface area contributed by atoms with Gasteiger partial charge < -0.3 is 22.5 Å². The van der Waals surface area contributed by atoms with E-state index in [1.165, 1.54) is 6.92 Å². The summed E-state index contributed by atoms with van der Waals surface area (Å²) < 4.78 is 0. The fourth-order valence-electron chi connectivity index (χ4n) is 1.07. The van der Waals surface area contributed by atoms with E-state index < -0.39 is 17.2 Å². The highest BCUT2D eigenvalue weighted by atomic mass is 32.1. The fourth-order valence-corrected chi connectivity index (χ4v) is 1.41. The summed E-state index contributed by atoms with van der Waals surface area (Å²) in [6.45, 7) is 1.62. The van der Waals surface area contributed by atoms with Gasteiger partial charge in [-0.2, -0.15) is 12.6 Å². The number of hydrogen-bond donors (Lipinski definition) is 5. The van der Waals surface area contributed by atoms with Gasteiger partial charge in [0.25, 0.3) is 0 Å². The molecule has 7 N–H and O–H groups in total. The van der Waals surface area contributed by atoms with E-state index in [1.807, 2.05) is 0 Å². The quantitative estimate of drug-likeness (QED) is 0.209. The number of rotatable bonds is 6. The van der Waals surface area contributed by atoms with Gasteiger partial charge in [-0.05, 0) is 6.42 Å². The molecule has 0 bridgehead atoms. The van der Waals surface area contributed by atoms with Crippen molar-refractivity contribution in [3.63, 3.8) is 0 Å². The molecule has 0 heterocycles. The molecule has 0 fully saturated rings. The molecule has 0 saturated heterocycles. The Morgan fingerprint density at radius 2 is 1.94 bits per heavy atom. The van der Waals surface area contributed by atoms with Gasteiger partial charge in [0.05, 0.1) is 0 Å². The van der Waals surface area contributed by atoms with Crippen LogP contribution in [0, 0.1) is 0 Å². The predicted octanol–water partition coefficient (Wildman–Crippen LogP) is -2.06. The Bertz CT molecular complexity index is 290. The van der Waals surface area contributed by atoms with Crippen LogP contribution in [0.1, 0.15) is 13.3 Å². The van der Waals surface area contributed by atoms with Crippen LogP contribution in [0.2, 0.25) is 0 Å². The van der Waals surface area contributed by atoms with E-state index in [9.17, 15) is 9.59 Å². The van der Waals surface area contributed by atoms with Crippen molar-refractivity contribution in [1.82, 2.24) is 5.32 Å². The Morgan fingerprint density at radius 1 is 1.38 bits per heavy atom. The van der Waals surface area contributed by atoms with Gasteiger partial charge in [-0.3, -0.25) is 14.6 Å². The van der Waals surface area contributed by atoms with E-state index >= 15 is 0 Å². The van der Waals surface area contributed by atoms with E-state index in [0.717, 1.165) is 0 Å². The number of nitrogens with two attached hydrogens (primary N) is 3. The number of nitrogens with one attached hydrogen (secondary N) is 1. The second-order valence-electron chi connectivity index (χ2n) is 3.24. The highest BCUT2D eigenvalue weighted by molar-refractivity contribution is 7.81. The average molecular weight is 247 g/mol. The number of amides is 2. The summed E-state index contributed by atoms with van der Waals surface area (Å²) in [7, 11) is 0. The number of guanidine groups is 1. The van der Waals surface area contributed by atoms with Crippen molar-refractivity contribution in [2.24, 2.45) is 22.2 Å². The summed E-state index contributed by atoms with van der Waals surface area (Å²) in [6.07, 6.45) is 0.425. The molecule has 8 heteroatoms. The maximum Gasteiger partial charge on any atom is 0.241 e. The minimum Gasteiger partial charge on any atom is -0.370 e. The third kappa shape index (κ3) is 6.12. The maximum absolute atomic E-state index is 11.0. The van der Waals surface area contributed by atoms with Crippen LogP contribution < -0.4 is 22.5 Å². The molecule has 0 aliphatic rings. The van der Waals surface area contributed by atoms with Crippen molar-refractivity contribution in [2.75, 3.05) is 6.54 Å². The topological polar surface area (TPSA) is 137 Å². The van der Waals surface area contributed by atoms with Gasteiger partial charge in [0.1, 0.15) is 6.04 Å². The summed E-state index contributed by atoms with van der Waals surface area (Å²) in [4.78, 5) is 25.6. The van der Waals surface area contributed by atoms with Crippen molar-refractivity contribution in [3.05, 3.63) is 0 Å². The smallest absolute Gasteiger partial charge is 0.241 e. The number of thiol groups is 1. The first kappa shape index (κ1) is 14.6. The number of aliphatic imine (C=N–C) groups is 1. The van der Waals surface area contributed by atoms with Crippen LogP contribution in [0.25, 0.3) is 0 Å². The van der Waals surface area contributed by atoms with Crippen LogP contribution in [0.3, 0.4) is 0 Å². The molecular formula is C8H17N5O2S. The van der Waals surface area contributed by atoms with E-state index in [0.29, 0.717) is 13.0 Å². The Morgan fingerprint density at radius 3 is 2.31 bits per heavy atom. The third-order valence-corrected chi connectivity index (χ3v) is 2.33. The van der Waals surface area contributed by atoms with E-state index in [1.54, 1.807) is 0 Å². The molecule has 0 aromatic rings. The molecular weight excluding hydrogens is 230 g/mol. The van der Waals surface area contributed by atoms with Crippen LogP contribution in [0.4, 0.5) is 0 Å². The molecule has 16 heavy (non-hydrogen) atoms.